The van der Waals surface area contributed by atoms with Crippen LogP contribution in [0.5, 0.6) is 0 Å². The van der Waals surface area contributed by atoms with Gasteiger partial charge in [0.2, 0.25) is 0 Å². The van der Waals surface area contributed by atoms with Crippen LogP contribution in [0, 0.1) is 17.8 Å². The van der Waals surface area contributed by atoms with Crippen molar-refractivity contribution in [3.8, 4) is 0 Å². The molecule has 0 aromatic carbocycles. The van der Waals surface area contributed by atoms with Crippen molar-refractivity contribution in [1.82, 2.24) is 4.53 Å². The third kappa shape index (κ3) is 1.15. The molecular weight excluding hydrogens is 184 g/mol. The lowest BCUT2D eigenvalue weighted by Crippen LogP contribution is -2.59. The van der Waals surface area contributed by atoms with E-state index in [2.05, 4.69) is 0 Å². The van der Waals surface area contributed by atoms with Gasteiger partial charge >= 0.3 is 0 Å². The number of nitrogens with two attached hydrogens (primary N) is 1. The highest BCUT2D eigenvalue weighted by atomic mass is 35.5. The van der Waals surface area contributed by atoms with Crippen LogP contribution in [0.1, 0.15) is 38.5 Å². The first-order valence-electron chi connectivity index (χ1n) is 5.39. The Kier molecular flexibility index (Phi) is 1.71. The van der Waals surface area contributed by atoms with Crippen LogP contribution in [0.4, 0.5) is 0 Å². The second kappa shape index (κ2) is 2.62. The van der Waals surface area contributed by atoms with Crippen LogP contribution in [0.2, 0.25) is 0 Å². The fourth-order valence-electron chi connectivity index (χ4n) is 4.33. The van der Waals surface area contributed by atoms with E-state index in [-0.39, 0.29) is 5.54 Å². The van der Waals surface area contributed by atoms with Gasteiger partial charge in [-0.2, -0.15) is 4.53 Å². The first-order valence-corrected chi connectivity index (χ1v) is 5.72. The van der Waals surface area contributed by atoms with Crippen LogP contribution < -0.4 is 5.84 Å². The molecule has 0 aliphatic heterocycles. The van der Waals surface area contributed by atoms with Gasteiger partial charge in [-0.15, -0.1) is 0 Å². The van der Waals surface area contributed by atoms with Gasteiger partial charge in [0.25, 0.3) is 0 Å². The summed E-state index contributed by atoms with van der Waals surface area (Å²) in [6.45, 7) is 0. The summed E-state index contributed by atoms with van der Waals surface area (Å²) in [5.41, 5.74) is 0.177. The molecule has 0 saturated heterocycles. The molecule has 0 aromatic rings. The largest absolute Gasteiger partial charge is 0.254 e. The number of halogens is 1. The maximum Gasteiger partial charge on any atom is 0.0523 e. The predicted octanol–water partition coefficient (Wildman–Crippen LogP) is 2.28. The van der Waals surface area contributed by atoms with E-state index in [1.54, 1.807) is 0 Å². The van der Waals surface area contributed by atoms with Crippen molar-refractivity contribution in [1.29, 1.82) is 0 Å². The van der Waals surface area contributed by atoms with Gasteiger partial charge < -0.3 is 0 Å². The van der Waals surface area contributed by atoms with Gasteiger partial charge in [-0.3, -0.25) is 5.84 Å². The maximum atomic E-state index is 6.01. The molecule has 0 radical (unpaired) electrons. The topological polar surface area (TPSA) is 29.3 Å². The van der Waals surface area contributed by atoms with Gasteiger partial charge in [0, 0.05) is 0 Å². The number of hydrogen-bond acceptors (Lipinski definition) is 2. The SMILES string of the molecule is NN(Cl)C12CC3CC(CC(C3)C1)C2. The minimum absolute atomic E-state index is 0.177. The van der Waals surface area contributed by atoms with Crippen LogP contribution in [0.15, 0.2) is 0 Å². The van der Waals surface area contributed by atoms with Crippen LogP contribution in [-0.2, 0) is 0 Å². The van der Waals surface area contributed by atoms with Crippen molar-refractivity contribution < 1.29 is 0 Å². The molecule has 0 aromatic heterocycles. The highest BCUT2D eigenvalue weighted by molar-refractivity contribution is 6.13. The van der Waals surface area contributed by atoms with E-state index in [0.717, 1.165) is 17.8 Å². The Morgan fingerprint density at radius 1 is 1.00 bits per heavy atom. The van der Waals surface area contributed by atoms with Crippen molar-refractivity contribution in [2.24, 2.45) is 23.6 Å². The van der Waals surface area contributed by atoms with E-state index >= 15 is 0 Å². The first kappa shape index (κ1) is 8.51. The Morgan fingerprint density at radius 2 is 1.38 bits per heavy atom. The normalized spacial score (nSPS) is 53.3. The summed E-state index contributed by atoms with van der Waals surface area (Å²) in [7, 11) is 0. The van der Waals surface area contributed by atoms with E-state index in [4.69, 9.17) is 17.6 Å². The molecule has 13 heavy (non-hydrogen) atoms. The number of hydrazine groups is 1. The lowest BCUT2D eigenvalue weighted by atomic mass is 9.53. The molecule has 0 amide bonds. The monoisotopic (exact) mass is 200 g/mol. The van der Waals surface area contributed by atoms with Crippen molar-refractivity contribution in [3.63, 3.8) is 0 Å². The average Bonchev–Trinajstić information content (AvgIpc) is 2.00. The fraction of sp³-hybridized carbons (Fsp3) is 1.00. The minimum atomic E-state index is 0.177. The van der Waals surface area contributed by atoms with Crippen LogP contribution in [-0.4, -0.2) is 10.1 Å². The zero-order valence-electron chi connectivity index (χ0n) is 7.88. The summed E-state index contributed by atoms with van der Waals surface area (Å²) in [5.74, 6) is 8.57. The van der Waals surface area contributed by atoms with E-state index in [0.29, 0.717) is 0 Å². The minimum Gasteiger partial charge on any atom is -0.254 e. The van der Waals surface area contributed by atoms with Crippen molar-refractivity contribution in [2.75, 3.05) is 0 Å². The first-order chi connectivity index (χ1) is 6.18. The maximum absolute atomic E-state index is 6.01. The Morgan fingerprint density at radius 3 is 1.69 bits per heavy atom. The van der Waals surface area contributed by atoms with Crippen LogP contribution >= 0.6 is 11.8 Å². The Labute approximate surface area is 84.5 Å². The summed E-state index contributed by atoms with van der Waals surface area (Å²) < 4.78 is 1.51. The molecule has 4 fully saturated rings. The second-order valence-electron chi connectivity index (χ2n) is 5.45. The molecule has 3 heteroatoms. The smallest absolute Gasteiger partial charge is 0.0523 e. The molecule has 0 spiro atoms. The van der Waals surface area contributed by atoms with Gasteiger partial charge in [-0.25, -0.2) is 0 Å². The van der Waals surface area contributed by atoms with Gasteiger partial charge in [-0.1, -0.05) is 0 Å². The molecule has 2 nitrogen and oxygen atoms in total. The molecular formula is C10H17ClN2. The number of nitrogens with zero attached hydrogens (tertiary/aromatic N) is 1. The van der Waals surface area contributed by atoms with Gasteiger partial charge in [0.15, 0.2) is 0 Å². The van der Waals surface area contributed by atoms with Gasteiger partial charge in [0.1, 0.15) is 0 Å². The molecule has 2 N–H and O–H groups in total. The third-order valence-electron chi connectivity index (χ3n) is 4.46. The Hall–Kier alpha value is 0.210. The molecule has 4 bridgehead atoms. The summed E-state index contributed by atoms with van der Waals surface area (Å²) in [6.07, 6.45) is 8.09. The quantitative estimate of drug-likeness (QED) is 0.400. The summed E-state index contributed by atoms with van der Waals surface area (Å²) in [5, 5.41) is 0. The molecule has 4 aliphatic carbocycles. The molecule has 4 saturated carbocycles. The van der Waals surface area contributed by atoms with Gasteiger partial charge in [-0.05, 0) is 68.1 Å². The highest BCUT2D eigenvalue weighted by Gasteiger charge is 2.53. The molecule has 0 unspecified atom stereocenters. The third-order valence-corrected chi connectivity index (χ3v) is 4.82. The number of hydrogen-bond donors (Lipinski definition) is 1. The molecule has 0 atom stereocenters. The lowest BCUT2D eigenvalue weighted by molar-refractivity contribution is -0.0568. The average molecular weight is 201 g/mol. The van der Waals surface area contributed by atoms with Crippen molar-refractivity contribution in [2.45, 2.75) is 44.1 Å². The molecule has 74 valence electrons. The molecule has 4 aliphatic rings. The lowest BCUT2D eigenvalue weighted by Gasteiger charge is -2.57. The van der Waals surface area contributed by atoms with Gasteiger partial charge in [0.05, 0.1) is 5.54 Å². The summed E-state index contributed by atoms with van der Waals surface area (Å²) in [4.78, 5) is 0. The molecule has 4 rings (SSSR count). The van der Waals surface area contributed by atoms with E-state index in [1.807, 2.05) is 0 Å². The van der Waals surface area contributed by atoms with Crippen LogP contribution in [0.3, 0.4) is 0 Å². The van der Waals surface area contributed by atoms with E-state index in [1.165, 1.54) is 43.1 Å². The predicted molar refractivity (Wildman–Crippen MR) is 52.8 cm³/mol. The zero-order chi connectivity index (χ0) is 9.05. The second-order valence-corrected chi connectivity index (χ2v) is 5.82. The molecule has 0 heterocycles. The Balaban J connectivity index is 1.91. The van der Waals surface area contributed by atoms with E-state index < -0.39 is 0 Å². The zero-order valence-corrected chi connectivity index (χ0v) is 8.63. The van der Waals surface area contributed by atoms with Crippen LogP contribution in [0.25, 0.3) is 0 Å². The highest BCUT2D eigenvalue weighted by Crippen LogP contribution is 2.57. The number of rotatable bonds is 1. The van der Waals surface area contributed by atoms with Crippen molar-refractivity contribution >= 4 is 11.8 Å². The Bertz CT molecular complexity index is 192. The standard InChI is InChI=1S/C10H17ClN2/c11-13(12)10-4-7-1-8(5-10)3-9(2-7)6-10/h7-9H,1-6,12H2. The fourth-order valence-corrected chi connectivity index (χ4v) is 4.53. The summed E-state index contributed by atoms with van der Waals surface area (Å²) >= 11 is 6.01. The van der Waals surface area contributed by atoms with E-state index in [9.17, 15) is 0 Å². The van der Waals surface area contributed by atoms with Crippen molar-refractivity contribution in [3.05, 3.63) is 0 Å². The summed E-state index contributed by atoms with van der Waals surface area (Å²) in [6, 6.07) is 0.